The fraction of sp³-hybridized carbons (Fsp3) is 0.576. The lowest BCUT2D eigenvalue weighted by Crippen LogP contribution is -2.27. The Hall–Kier alpha value is -3.06. The average Bonchev–Trinajstić information content (AvgIpc) is 2.89. The van der Waals surface area contributed by atoms with Gasteiger partial charge in [-0.1, -0.05) is 26.7 Å². The SMILES string of the molecule is CCCC1CCC(C(=O)Nc2ccc(OC)c(C)c2)CC1.CCc1c(C)cc(NCCN(C)C)cc1NC(C)=O. The van der Waals surface area contributed by atoms with Crippen molar-refractivity contribution in [2.75, 3.05) is 50.2 Å². The van der Waals surface area contributed by atoms with Crippen LogP contribution in [0.2, 0.25) is 0 Å². The normalized spacial score (nSPS) is 16.5. The number of carbonyl (C=O) groups is 2. The number of benzene rings is 2. The second kappa shape index (κ2) is 16.9. The molecule has 7 heteroatoms. The van der Waals surface area contributed by atoms with Crippen molar-refractivity contribution in [3.05, 3.63) is 47.0 Å². The summed E-state index contributed by atoms with van der Waals surface area (Å²) in [6.45, 7) is 11.8. The van der Waals surface area contributed by atoms with E-state index >= 15 is 0 Å². The lowest BCUT2D eigenvalue weighted by Gasteiger charge is -2.27. The van der Waals surface area contributed by atoms with Crippen molar-refractivity contribution in [2.24, 2.45) is 11.8 Å². The number of amides is 2. The number of anilines is 3. The molecule has 7 nitrogen and oxygen atoms in total. The van der Waals surface area contributed by atoms with E-state index in [1.165, 1.54) is 36.8 Å². The fourth-order valence-electron chi connectivity index (χ4n) is 5.44. The maximum absolute atomic E-state index is 12.4. The quantitative estimate of drug-likeness (QED) is 0.279. The number of nitrogens with zero attached hydrogens (tertiary/aromatic N) is 1. The standard InChI is InChI=1S/C18H27NO2.C15H25N3O/c1-4-5-14-6-8-15(9-7-14)18(20)19-16-10-11-17(21-3)13(2)12-16;1-6-14-11(2)9-13(16-7-8-18(4)5)10-15(14)17-12(3)19/h10-12,14-15H,4-9H2,1-3H3,(H,19,20);9-10,16H,6-8H2,1-5H3,(H,17,19). The minimum atomic E-state index is -0.0282. The number of hydrogen-bond donors (Lipinski definition) is 3. The highest BCUT2D eigenvalue weighted by molar-refractivity contribution is 5.93. The van der Waals surface area contributed by atoms with Crippen molar-refractivity contribution in [1.29, 1.82) is 0 Å². The van der Waals surface area contributed by atoms with Gasteiger partial charge in [-0.15, -0.1) is 0 Å². The summed E-state index contributed by atoms with van der Waals surface area (Å²) in [5, 5.41) is 9.36. The van der Waals surface area contributed by atoms with Gasteiger partial charge in [0, 0.05) is 43.0 Å². The van der Waals surface area contributed by atoms with E-state index in [-0.39, 0.29) is 17.7 Å². The van der Waals surface area contributed by atoms with Gasteiger partial charge in [0.05, 0.1) is 7.11 Å². The Labute approximate surface area is 242 Å². The van der Waals surface area contributed by atoms with Crippen LogP contribution in [0, 0.1) is 25.7 Å². The number of nitrogens with one attached hydrogen (secondary N) is 3. The molecule has 2 aromatic carbocycles. The van der Waals surface area contributed by atoms with Gasteiger partial charge >= 0.3 is 0 Å². The van der Waals surface area contributed by atoms with Crippen molar-refractivity contribution in [3.8, 4) is 5.75 Å². The first-order valence-corrected chi connectivity index (χ1v) is 14.8. The number of rotatable bonds is 11. The highest BCUT2D eigenvalue weighted by atomic mass is 16.5. The van der Waals surface area contributed by atoms with Crippen LogP contribution >= 0.6 is 0 Å². The van der Waals surface area contributed by atoms with Crippen LogP contribution in [0.4, 0.5) is 17.1 Å². The minimum Gasteiger partial charge on any atom is -0.496 e. The van der Waals surface area contributed by atoms with E-state index in [1.807, 2.05) is 31.2 Å². The number of carbonyl (C=O) groups excluding carboxylic acids is 2. The molecular weight excluding hydrogens is 500 g/mol. The fourth-order valence-corrected chi connectivity index (χ4v) is 5.44. The molecule has 1 saturated carbocycles. The van der Waals surface area contributed by atoms with Crippen LogP contribution in [-0.2, 0) is 16.0 Å². The minimum absolute atomic E-state index is 0.0282. The molecule has 3 rings (SSSR count). The predicted octanol–water partition coefficient (Wildman–Crippen LogP) is 7.04. The Morgan fingerprint density at radius 2 is 1.62 bits per heavy atom. The van der Waals surface area contributed by atoms with E-state index in [9.17, 15) is 9.59 Å². The van der Waals surface area contributed by atoms with Crippen LogP contribution in [-0.4, -0.2) is 51.0 Å². The lowest BCUT2D eigenvalue weighted by molar-refractivity contribution is -0.121. The molecule has 3 N–H and O–H groups in total. The third-order valence-corrected chi connectivity index (χ3v) is 7.60. The highest BCUT2D eigenvalue weighted by Gasteiger charge is 2.25. The number of aryl methyl sites for hydroxylation is 2. The van der Waals surface area contributed by atoms with E-state index in [0.29, 0.717) is 0 Å². The Morgan fingerprint density at radius 3 is 2.17 bits per heavy atom. The second-order valence-electron chi connectivity index (χ2n) is 11.3. The maximum Gasteiger partial charge on any atom is 0.227 e. The molecule has 0 saturated heterocycles. The Morgan fingerprint density at radius 1 is 0.950 bits per heavy atom. The number of hydrogen-bond acceptors (Lipinski definition) is 5. The average molecular weight is 553 g/mol. The molecule has 0 heterocycles. The maximum atomic E-state index is 12.4. The molecule has 1 aliphatic carbocycles. The molecule has 2 aromatic rings. The number of ether oxygens (including phenoxy) is 1. The van der Waals surface area contributed by atoms with E-state index in [0.717, 1.165) is 66.6 Å². The molecule has 0 radical (unpaired) electrons. The summed E-state index contributed by atoms with van der Waals surface area (Å²) in [6, 6.07) is 9.94. The molecule has 222 valence electrons. The predicted molar refractivity (Wildman–Crippen MR) is 169 cm³/mol. The summed E-state index contributed by atoms with van der Waals surface area (Å²) in [7, 11) is 5.76. The van der Waals surface area contributed by atoms with Gasteiger partial charge in [0.1, 0.15) is 5.75 Å². The number of likely N-dealkylation sites (N-methyl/N-ethyl adjacent to an activating group) is 1. The van der Waals surface area contributed by atoms with Crippen LogP contribution in [0.25, 0.3) is 0 Å². The van der Waals surface area contributed by atoms with Crippen molar-refractivity contribution >= 4 is 28.9 Å². The van der Waals surface area contributed by atoms with Crippen LogP contribution in [0.3, 0.4) is 0 Å². The topological polar surface area (TPSA) is 82.7 Å². The molecule has 40 heavy (non-hydrogen) atoms. The first-order valence-electron chi connectivity index (χ1n) is 14.8. The zero-order valence-corrected chi connectivity index (χ0v) is 26.1. The van der Waals surface area contributed by atoms with Gasteiger partial charge in [-0.05, 0) is 113 Å². The lowest BCUT2D eigenvalue weighted by atomic mass is 9.80. The second-order valence-corrected chi connectivity index (χ2v) is 11.3. The Kier molecular flexibility index (Phi) is 14.0. The molecule has 0 atom stereocenters. The Balaban J connectivity index is 0.000000282. The van der Waals surface area contributed by atoms with Crippen LogP contribution in [0.1, 0.15) is 76.0 Å². The van der Waals surface area contributed by atoms with Gasteiger partial charge < -0.3 is 25.6 Å². The molecule has 2 amide bonds. The Bertz CT molecular complexity index is 1090. The van der Waals surface area contributed by atoms with Gasteiger partial charge in [0.25, 0.3) is 0 Å². The smallest absolute Gasteiger partial charge is 0.227 e. The van der Waals surface area contributed by atoms with Crippen molar-refractivity contribution in [3.63, 3.8) is 0 Å². The zero-order valence-electron chi connectivity index (χ0n) is 26.1. The highest BCUT2D eigenvalue weighted by Crippen LogP contribution is 2.32. The molecule has 0 unspecified atom stereocenters. The molecule has 0 spiro atoms. The van der Waals surface area contributed by atoms with Crippen molar-refractivity contribution < 1.29 is 14.3 Å². The first kappa shape index (κ1) is 33.1. The van der Waals surface area contributed by atoms with Gasteiger partial charge in [0.2, 0.25) is 11.8 Å². The van der Waals surface area contributed by atoms with E-state index in [1.54, 1.807) is 14.0 Å². The van der Waals surface area contributed by atoms with Crippen LogP contribution in [0.5, 0.6) is 5.75 Å². The van der Waals surface area contributed by atoms with Gasteiger partial charge in [-0.3, -0.25) is 9.59 Å². The molecule has 0 aromatic heterocycles. The van der Waals surface area contributed by atoms with E-state index in [4.69, 9.17) is 4.74 Å². The largest absolute Gasteiger partial charge is 0.496 e. The van der Waals surface area contributed by atoms with Gasteiger partial charge in [-0.25, -0.2) is 0 Å². The van der Waals surface area contributed by atoms with E-state index in [2.05, 4.69) is 61.8 Å². The summed E-state index contributed by atoms with van der Waals surface area (Å²) >= 11 is 0. The monoisotopic (exact) mass is 552 g/mol. The van der Waals surface area contributed by atoms with Crippen LogP contribution < -0.4 is 20.7 Å². The molecule has 0 bridgehead atoms. The molecule has 0 aliphatic heterocycles. The van der Waals surface area contributed by atoms with E-state index < -0.39 is 0 Å². The third-order valence-electron chi connectivity index (χ3n) is 7.60. The zero-order chi connectivity index (χ0) is 29.7. The summed E-state index contributed by atoms with van der Waals surface area (Å²) in [5.41, 5.74) is 6.30. The number of methoxy groups -OCH3 is 1. The summed E-state index contributed by atoms with van der Waals surface area (Å²) in [6.07, 6.45) is 7.95. The first-order chi connectivity index (χ1) is 19.1. The molecular formula is C33H52N4O3. The molecule has 1 aliphatic rings. The molecule has 1 fully saturated rings. The summed E-state index contributed by atoms with van der Waals surface area (Å²) in [5.74, 6) is 2.02. The van der Waals surface area contributed by atoms with Crippen LogP contribution in [0.15, 0.2) is 30.3 Å². The van der Waals surface area contributed by atoms with Gasteiger partial charge in [-0.2, -0.15) is 0 Å². The van der Waals surface area contributed by atoms with Crippen molar-refractivity contribution in [1.82, 2.24) is 4.90 Å². The third kappa shape index (κ3) is 10.8. The van der Waals surface area contributed by atoms with Crippen molar-refractivity contribution in [2.45, 2.75) is 79.6 Å². The van der Waals surface area contributed by atoms with Gasteiger partial charge in [0.15, 0.2) is 0 Å². The summed E-state index contributed by atoms with van der Waals surface area (Å²) in [4.78, 5) is 25.8. The summed E-state index contributed by atoms with van der Waals surface area (Å²) < 4.78 is 5.24.